The van der Waals surface area contributed by atoms with E-state index in [1.165, 1.54) is 6.08 Å². The Balaban J connectivity index is 1.59. The number of nitrogens with zero attached hydrogens (tertiary/aromatic N) is 1. The minimum Gasteiger partial charge on any atom is -0.357 e. The zero-order chi connectivity index (χ0) is 28.8. The van der Waals surface area contributed by atoms with Gasteiger partial charge in [0.05, 0.1) is 12.1 Å². The van der Waals surface area contributed by atoms with Gasteiger partial charge in [0.2, 0.25) is 5.91 Å². The number of quaternary nitrogens is 1. The van der Waals surface area contributed by atoms with Crippen LogP contribution in [0.4, 0.5) is 11.4 Å². The quantitative estimate of drug-likeness (QED) is 0.210. The highest BCUT2D eigenvalue weighted by molar-refractivity contribution is 6.48. The van der Waals surface area contributed by atoms with E-state index in [1.54, 1.807) is 29.3 Å². The van der Waals surface area contributed by atoms with Crippen molar-refractivity contribution >= 4 is 34.8 Å². The van der Waals surface area contributed by atoms with Gasteiger partial charge < -0.3 is 25.8 Å². The maximum Gasteiger partial charge on any atom is 0.274 e. The number of amides is 3. The Morgan fingerprint density at radius 1 is 1.12 bits per heavy atom. The lowest BCUT2D eigenvalue weighted by molar-refractivity contribution is -0.629. The van der Waals surface area contributed by atoms with Crippen molar-refractivity contribution in [2.75, 3.05) is 23.7 Å². The number of carbonyl (C=O) groups is 3. The van der Waals surface area contributed by atoms with Crippen LogP contribution in [0.25, 0.3) is 0 Å². The van der Waals surface area contributed by atoms with E-state index in [2.05, 4.69) is 22.2 Å². The van der Waals surface area contributed by atoms with Gasteiger partial charge >= 0.3 is 0 Å². The molecule has 0 aliphatic carbocycles. The molecule has 1 aliphatic heterocycles. The molecule has 0 bridgehead atoms. The van der Waals surface area contributed by atoms with Gasteiger partial charge in [0, 0.05) is 35.6 Å². The van der Waals surface area contributed by atoms with Crippen molar-refractivity contribution < 1.29 is 19.7 Å². The molecule has 206 valence electrons. The molecule has 9 nitrogen and oxygen atoms in total. The van der Waals surface area contributed by atoms with E-state index >= 15 is 0 Å². The van der Waals surface area contributed by atoms with Gasteiger partial charge in [-0.25, -0.2) is 0 Å². The monoisotopic (exact) mass is 539 g/mol. The molecule has 1 unspecified atom stereocenters. The minimum atomic E-state index is -0.522. The number of carbonyl (C=O) groups excluding carboxylic acids is 3. The Morgan fingerprint density at radius 3 is 2.60 bits per heavy atom. The number of aromatic amines is 1. The summed E-state index contributed by atoms with van der Waals surface area (Å²) in [6, 6.07) is 16.7. The summed E-state index contributed by atoms with van der Waals surface area (Å²) in [5, 5.41) is 16.5. The predicted molar refractivity (Wildman–Crippen MR) is 156 cm³/mol. The van der Waals surface area contributed by atoms with Crippen LogP contribution in [-0.2, 0) is 16.1 Å². The summed E-state index contributed by atoms with van der Waals surface area (Å²) in [4.78, 5) is 42.7. The fourth-order valence-corrected chi connectivity index (χ4v) is 4.87. The minimum absolute atomic E-state index is 0.0953. The van der Waals surface area contributed by atoms with Gasteiger partial charge in [0.15, 0.2) is 0 Å². The fourth-order valence-electron chi connectivity index (χ4n) is 4.87. The first-order valence-electron chi connectivity index (χ1n) is 13.1. The van der Waals surface area contributed by atoms with Gasteiger partial charge in [-0.3, -0.25) is 19.8 Å². The maximum atomic E-state index is 13.2. The van der Waals surface area contributed by atoms with Crippen molar-refractivity contribution in [3.63, 3.8) is 0 Å². The summed E-state index contributed by atoms with van der Waals surface area (Å²) >= 11 is 0. The second-order valence-corrected chi connectivity index (χ2v) is 10.1. The first-order chi connectivity index (χ1) is 19.2. The molecule has 3 aromatic rings. The van der Waals surface area contributed by atoms with Gasteiger partial charge in [0.25, 0.3) is 11.8 Å². The number of benzene rings is 2. The zero-order valence-corrected chi connectivity index (χ0v) is 23.0. The van der Waals surface area contributed by atoms with Crippen LogP contribution in [0.5, 0.6) is 0 Å². The van der Waals surface area contributed by atoms with Crippen LogP contribution >= 0.6 is 0 Å². The molecule has 3 amide bonds. The van der Waals surface area contributed by atoms with Gasteiger partial charge in [-0.15, -0.1) is 0 Å². The lowest BCUT2D eigenvalue weighted by Gasteiger charge is -2.33. The Bertz CT molecular complexity index is 1490. The standard InChI is InChI=1S/C31H34N6O3/c1-5-27(38)36-25-12-11-22(15-20(25)3)16-34-29-21(4)17-37(31(40)26-10-7-13-33-26)18-24(29)28(32)30(39)35-23-9-6-8-19(2)14-23/h5-15,21,32-34H,1,16-18H2,2-4H3,(H,35,39)(H,36,38)/p+1. The summed E-state index contributed by atoms with van der Waals surface area (Å²) in [5.74, 6) is -1.06. The lowest BCUT2D eigenvalue weighted by atomic mass is 9.92. The molecule has 4 rings (SSSR count). The molecule has 2 aromatic carbocycles. The topological polar surface area (TPSA) is 135 Å². The van der Waals surface area contributed by atoms with Crippen molar-refractivity contribution in [2.24, 2.45) is 5.92 Å². The molecule has 0 fully saturated rings. The molecule has 40 heavy (non-hydrogen) atoms. The number of rotatable bonds is 9. The van der Waals surface area contributed by atoms with E-state index in [4.69, 9.17) is 5.41 Å². The first kappa shape index (κ1) is 28.3. The number of hydrogen-bond donors (Lipinski definition) is 5. The smallest absolute Gasteiger partial charge is 0.274 e. The molecule has 0 radical (unpaired) electrons. The zero-order valence-electron chi connectivity index (χ0n) is 23.0. The second kappa shape index (κ2) is 12.4. The van der Waals surface area contributed by atoms with Crippen LogP contribution < -0.4 is 16.0 Å². The normalized spacial score (nSPS) is 15.0. The van der Waals surface area contributed by atoms with Crippen LogP contribution in [0.15, 0.2) is 84.7 Å². The molecule has 9 heteroatoms. The Morgan fingerprint density at radius 2 is 1.93 bits per heavy atom. The molecule has 1 aromatic heterocycles. The van der Waals surface area contributed by atoms with Crippen molar-refractivity contribution in [3.05, 3.63) is 107 Å². The van der Waals surface area contributed by atoms with Crippen LogP contribution in [0.1, 0.15) is 34.1 Å². The third kappa shape index (κ3) is 6.62. The van der Waals surface area contributed by atoms with Crippen molar-refractivity contribution in [1.82, 2.24) is 9.88 Å². The molecule has 1 atom stereocenters. The van der Waals surface area contributed by atoms with E-state index in [0.29, 0.717) is 35.7 Å². The highest BCUT2D eigenvalue weighted by atomic mass is 16.2. The summed E-state index contributed by atoms with van der Waals surface area (Å²) in [6.07, 6.45) is 2.93. The number of aryl methyl sites for hydroxylation is 2. The van der Waals surface area contributed by atoms with Gasteiger partial charge in [-0.1, -0.05) is 31.7 Å². The molecular formula is C31H35N6O3+. The predicted octanol–water partition coefficient (Wildman–Crippen LogP) is 3.52. The Hall–Kier alpha value is -4.76. The number of hydrogen-bond acceptors (Lipinski definition) is 4. The fraction of sp³-hybridized carbons (Fsp3) is 0.226. The number of anilines is 2. The van der Waals surface area contributed by atoms with E-state index < -0.39 is 5.91 Å². The maximum absolute atomic E-state index is 13.2. The highest BCUT2D eigenvalue weighted by Crippen LogP contribution is 2.23. The number of nitrogens with one attached hydrogen (secondary N) is 4. The van der Waals surface area contributed by atoms with Crippen LogP contribution in [0, 0.1) is 25.2 Å². The second-order valence-electron chi connectivity index (χ2n) is 10.1. The van der Waals surface area contributed by atoms with E-state index in [0.717, 1.165) is 22.4 Å². The summed E-state index contributed by atoms with van der Waals surface area (Å²) in [5.41, 5.74) is 5.97. The molecule has 1 aliphatic rings. The lowest BCUT2D eigenvalue weighted by Crippen LogP contribution is -2.83. The first-order valence-corrected chi connectivity index (χ1v) is 13.1. The van der Waals surface area contributed by atoms with Gasteiger partial charge in [-0.05, 0) is 67.4 Å². The van der Waals surface area contributed by atoms with Crippen molar-refractivity contribution in [2.45, 2.75) is 27.3 Å². The SMILES string of the molecule is C=CC(=O)Nc1ccc(C[NH2+]C2=C(C(=N)C(=O)Nc3cccc(C)c3)CN(C(=O)c3ccc[nH]3)CC2C)cc1C. The molecular weight excluding hydrogens is 504 g/mol. The Kier molecular flexibility index (Phi) is 8.76. The third-order valence-electron chi connectivity index (χ3n) is 6.93. The van der Waals surface area contributed by atoms with Gasteiger partial charge in [-0.2, -0.15) is 0 Å². The van der Waals surface area contributed by atoms with Crippen molar-refractivity contribution in [3.8, 4) is 0 Å². The summed E-state index contributed by atoms with van der Waals surface area (Å²) < 4.78 is 0. The average Bonchev–Trinajstić information content (AvgIpc) is 3.47. The summed E-state index contributed by atoms with van der Waals surface area (Å²) in [6.45, 7) is 10.5. The van der Waals surface area contributed by atoms with E-state index in [9.17, 15) is 14.4 Å². The molecule has 0 saturated heterocycles. The number of nitrogens with two attached hydrogens (primary N) is 1. The molecule has 2 heterocycles. The highest BCUT2D eigenvalue weighted by Gasteiger charge is 2.35. The summed E-state index contributed by atoms with van der Waals surface area (Å²) in [7, 11) is 0. The van der Waals surface area contributed by atoms with Gasteiger partial charge in [0.1, 0.15) is 23.6 Å². The molecule has 6 N–H and O–H groups in total. The van der Waals surface area contributed by atoms with Crippen LogP contribution in [0.3, 0.4) is 0 Å². The Labute approximate surface area is 233 Å². The molecule has 0 spiro atoms. The number of aromatic nitrogens is 1. The average molecular weight is 540 g/mol. The van der Waals surface area contributed by atoms with Crippen molar-refractivity contribution in [1.29, 1.82) is 5.41 Å². The van der Waals surface area contributed by atoms with E-state index in [-0.39, 0.29) is 30.0 Å². The molecule has 0 saturated carbocycles. The number of H-pyrrole nitrogens is 1. The largest absolute Gasteiger partial charge is 0.357 e. The third-order valence-corrected chi connectivity index (χ3v) is 6.93. The van der Waals surface area contributed by atoms with Crippen LogP contribution in [0.2, 0.25) is 0 Å². The van der Waals surface area contributed by atoms with Crippen LogP contribution in [-0.4, -0.2) is 46.4 Å². The van der Waals surface area contributed by atoms with E-state index in [1.807, 2.05) is 62.5 Å².